The third-order valence-corrected chi connectivity index (χ3v) is 3.65. The molecule has 106 valence electrons. The normalized spacial score (nSPS) is 15.4. The summed E-state index contributed by atoms with van der Waals surface area (Å²) in [6.07, 6.45) is 4.32. The summed E-state index contributed by atoms with van der Waals surface area (Å²) in [7, 11) is 0. The number of rotatable bonds is 5. The molecule has 1 aliphatic carbocycles. The van der Waals surface area contributed by atoms with E-state index in [0.717, 1.165) is 24.4 Å². The lowest BCUT2D eigenvalue weighted by Gasteiger charge is -2.23. The molecule has 4 nitrogen and oxygen atoms in total. The predicted molar refractivity (Wildman–Crippen MR) is 79.7 cm³/mol. The Hall–Kier alpha value is -1.68. The largest absolute Gasteiger partial charge is 0.294 e. The maximum absolute atomic E-state index is 12.1. The topological polar surface area (TPSA) is 37.6 Å². The standard InChI is InChI=1S/C16H21N3O/c1-12(2)10-18(14-6-7-14)11-13-9-16(20)19-8-4-3-5-15(19)17-13/h3-5,8-9,12,14H,6-7,10-11H2,1-2H3. The van der Waals surface area contributed by atoms with E-state index in [1.807, 2.05) is 18.2 Å². The zero-order valence-corrected chi connectivity index (χ0v) is 12.1. The molecular weight excluding hydrogens is 250 g/mol. The fraction of sp³-hybridized carbons (Fsp3) is 0.500. The zero-order chi connectivity index (χ0) is 14.1. The molecule has 0 aliphatic heterocycles. The molecule has 0 amide bonds. The van der Waals surface area contributed by atoms with Gasteiger partial charge in [0.15, 0.2) is 0 Å². The minimum absolute atomic E-state index is 0.00546. The Kier molecular flexibility index (Phi) is 3.57. The van der Waals surface area contributed by atoms with Gasteiger partial charge in [0.05, 0.1) is 5.69 Å². The van der Waals surface area contributed by atoms with Crippen molar-refractivity contribution < 1.29 is 0 Å². The fourth-order valence-electron chi connectivity index (χ4n) is 2.64. The molecule has 0 saturated heterocycles. The van der Waals surface area contributed by atoms with Crippen molar-refractivity contribution in [1.82, 2.24) is 14.3 Å². The van der Waals surface area contributed by atoms with Gasteiger partial charge < -0.3 is 0 Å². The molecule has 2 aromatic rings. The third-order valence-electron chi connectivity index (χ3n) is 3.65. The second-order valence-electron chi connectivity index (χ2n) is 6.07. The van der Waals surface area contributed by atoms with Gasteiger partial charge in [-0.3, -0.25) is 14.1 Å². The van der Waals surface area contributed by atoms with E-state index in [1.165, 1.54) is 12.8 Å². The van der Waals surface area contributed by atoms with Crippen LogP contribution in [0.2, 0.25) is 0 Å². The van der Waals surface area contributed by atoms with E-state index < -0.39 is 0 Å². The van der Waals surface area contributed by atoms with E-state index in [2.05, 4.69) is 23.7 Å². The molecule has 2 heterocycles. The fourth-order valence-corrected chi connectivity index (χ4v) is 2.64. The summed E-state index contributed by atoms with van der Waals surface area (Å²) in [6.45, 7) is 6.32. The number of nitrogens with zero attached hydrogens (tertiary/aromatic N) is 3. The second kappa shape index (κ2) is 5.37. The van der Waals surface area contributed by atoms with Crippen LogP contribution in [-0.2, 0) is 6.54 Å². The average molecular weight is 271 g/mol. The van der Waals surface area contributed by atoms with E-state index >= 15 is 0 Å². The molecule has 0 bridgehead atoms. The quantitative estimate of drug-likeness (QED) is 0.837. The summed E-state index contributed by atoms with van der Waals surface area (Å²) in [5.41, 5.74) is 1.62. The van der Waals surface area contributed by atoms with Crippen molar-refractivity contribution in [3.63, 3.8) is 0 Å². The molecule has 0 unspecified atom stereocenters. The first-order valence-corrected chi connectivity index (χ1v) is 7.35. The first-order valence-electron chi connectivity index (χ1n) is 7.35. The highest BCUT2D eigenvalue weighted by Gasteiger charge is 2.29. The van der Waals surface area contributed by atoms with Gasteiger partial charge in [-0.25, -0.2) is 4.98 Å². The molecule has 0 N–H and O–H groups in total. The number of hydrogen-bond donors (Lipinski definition) is 0. The first-order chi connectivity index (χ1) is 9.63. The van der Waals surface area contributed by atoms with Gasteiger partial charge in [0.1, 0.15) is 5.65 Å². The Morgan fingerprint density at radius 3 is 2.90 bits per heavy atom. The monoisotopic (exact) mass is 271 g/mol. The molecule has 1 saturated carbocycles. The Bertz CT molecular complexity index is 658. The Labute approximate surface area is 119 Å². The average Bonchev–Trinajstić information content (AvgIpc) is 3.22. The van der Waals surface area contributed by atoms with Crippen molar-refractivity contribution >= 4 is 5.65 Å². The van der Waals surface area contributed by atoms with Gasteiger partial charge >= 0.3 is 0 Å². The molecule has 4 heteroatoms. The highest BCUT2D eigenvalue weighted by atomic mass is 16.1. The van der Waals surface area contributed by atoms with Crippen molar-refractivity contribution in [3.8, 4) is 0 Å². The van der Waals surface area contributed by atoms with Crippen LogP contribution >= 0.6 is 0 Å². The lowest BCUT2D eigenvalue weighted by molar-refractivity contribution is 0.223. The van der Waals surface area contributed by atoms with Crippen LogP contribution < -0.4 is 5.56 Å². The van der Waals surface area contributed by atoms with Crippen LogP contribution in [0.5, 0.6) is 0 Å². The number of fused-ring (bicyclic) bond motifs is 1. The van der Waals surface area contributed by atoms with E-state index in [9.17, 15) is 4.79 Å². The van der Waals surface area contributed by atoms with Crippen LogP contribution in [0.25, 0.3) is 5.65 Å². The number of hydrogen-bond acceptors (Lipinski definition) is 3. The van der Waals surface area contributed by atoms with E-state index in [0.29, 0.717) is 12.0 Å². The van der Waals surface area contributed by atoms with Crippen LogP contribution in [0.1, 0.15) is 32.4 Å². The van der Waals surface area contributed by atoms with Gasteiger partial charge in [0.2, 0.25) is 0 Å². The highest BCUT2D eigenvalue weighted by Crippen LogP contribution is 2.28. The molecule has 2 aromatic heterocycles. The summed E-state index contributed by atoms with van der Waals surface area (Å²) in [4.78, 5) is 19.2. The second-order valence-corrected chi connectivity index (χ2v) is 6.07. The van der Waals surface area contributed by atoms with Crippen molar-refractivity contribution in [3.05, 3.63) is 46.5 Å². The molecule has 20 heavy (non-hydrogen) atoms. The maximum Gasteiger partial charge on any atom is 0.258 e. The lowest BCUT2D eigenvalue weighted by Crippen LogP contribution is -2.30. The molecule has 1 fully saturated rings. The number of aromatic nitrogens is 2. The molecule has 0 aromatic carbocycles. The van der Waals surface area contributed by atoms with Crippen molar-refractivity contribution in [2.45, 2.75) is 39.3 Å². The zero-order valence-electron chi connectivity index (χ0n) is 12.1. The van der Waals surface area contributed by atoms with Gasteiger partial charge in [-0.2, -0.15) is 0 Å². The molecule has 0 radical (unpaired) electrons. The Morgan fingerprint density at radius 1 is 1.40 bits per heavy atom. The molecule has 1 aliphatic rings. The Morgan fingerprint density at radius 2 is 2.20 bits per heavy atom. The summed E-state index contributed by atoms with van der Waals surface area (Å²) >= 11 is 0. The van der Waals surface area contributed by atoms with Crippen molar-refractivity contribution in [2.75, 3.05) is 6.54 Å². The molecule has 3 rings (SSSR count). The Balaban J connectivity index is 1.87. The maximum atomic E-state index is 12.1. The summed E-state index contributed by atoms with van der Waals surface area (Å²) < 4.78 is 1.59. The predicted octanol–water partition coefficient (Wildman–Crippen LogP) is 2.31. The highest BCUT2D eigenvalue weighted by molar-refractivity contribution is 5.38. The van der Waals surface area contributed by atoms with Crippen LogP contribution in [0, 0.1) is 5.92 Å². The van der Waals surface area contributed by atoms with Gasteiger partial charge in [0.25, 0.3) is 5.56 Å². The van der Waals surface area contributed by atoms with Crippen LogP contribution in [0.4, 0.5) is 0 Å². The SMILES string of the molecule is CC(C)CN(Cc1cc(=O)n2ccccc2n1)C1CC1. The number of pyridine rings is 1. The summed E-state index contributed by atoms with van der Waals surface area (Å²) in [6, 6.07) is 8.01. The summed E-state index contributed by atoms with van der Waals surface area (Å²) in [5, 5.41) is 0. The summed E-state index contributed by atoms with van der Waals surface area (Å²) in [5.74, 6) is 0.636. The van der Waals surface area contributed by atoms with Crippen LogP contribution in [0.15, 0.2) is 35.3 Å². The van der Waals surface area contributed by atoms with Gasteiger partial charge in [-0.1, -0.05) is 19.9 Å². The van der Waals surface area contributed by atoms with Gasteiger partial charge in [0, 0.05) is 31.4 Å². The first kappa shape index (κ1) is 13.3. The van der Waals surface area contributed by atoms with E-state index in [-0.39, 0.29) is 5.56 Å². The van der Waals surface area contributed by atoms with E-state index in [1.54, 1.807) is 16.7 Å². The van der Waals surface area contributed by atoms with Crippen LogP contribution in [0.3, 0.4) is 0 Å². The molecular formula is C16H21N3O. The minimum Gasteiger partial charge on any atom is -0.294 e. The molecule has 0 atom stereocenters. The van der Waals surface area contributed by atoms with Gasteiger partial charge in [-0.05, 0) is 30.9 Å². The van der Waals surface area contributed by atoms with Gasteiger partial charge in [-0.15, -0.1) is 0 Å². The van der Waals surface area contributed by atoms with Crippen molar-refractivity contribution in [1.29, 1.82) is 0 Å². The van der Waals surface area contributed by atoms with Crippen LogP contribution in [-0.4, -0.2) is 26.9 Å². The lowest BCUT2D eigenvalue weighted by atomic mass is 10.2. The van der Waals surface area contributed by atoms with Crippen molar-refractivity contribution in [2.24, 2.45) is 5.92 Å². The smallest absolute Gasteiger partial charge is 0.258 e. The third kappa shape index (κ3) is 2.90. The minimum atomic E-state index is 0.00546. The molecule has 0 spiro atoms. The van der Waals surface area contributed by atoms with E-state index in [4.69, 9.17) is 0 Å².